The van der Waals surface area contributed by atoms with Crippen LogP contribution in [0.15, 0.2) is 0 Å². The average Bonchev–Trinajstić information content (AvgIpc) is 2.86. The van der Waals surface area contributed by atoms with Crippen LogP contribution in [-0.4, -0.2) is 53.5 Å². The van der Waals surface area contributed by atoms with Crippen LogP contribution in [0.25, 0.3) is 0 Å². The standard InChI is InChI=1S/C11H21N3O/c1-3-14(9-4-5-9)10(15)6-13-7-11(2,12)8-13/h9H,3-8,12H2,1-2H3. The SMILES string of the molecule is CCN(C(=O)CN1CC(C)(N)C1)C1CC1. The molecule has 0 aromatic rings. The maximum atomic E-state index is 11.9. The van der Waals surface area contributed by atoms with Gasteiger partial charge in [-0.05, 0) is 26.7 Å². The number of likely N-dealkylation sites (N-methyl/N-ethyl adjacent to an activating group) is 1. The maximum Gasteiger partial charge on any atom is 0.236 e. The van der Waals surface area contributed by atoms with Crippen LogP contribution in [0.4, 0.5) is 0 Å². The van der Waals surface area contributed by atoms with E-state index in [2.05, 4.69) is 11.8 Å². The second-order valence-corrected chi connectivity index (χ2v) is 5.21. The lowest BCUT2D eigenvalue weighted by Crippen LogP contribution is -2.66. The Labute approximate surface area is 91.4 Å². The molecule has 2 N–H and O–H groups in total. The second kappa shape index (κ2) is 3.76. The molecule has 0 unspecified atom stereocenters. The van der Waals surface area contributed by atoms with Gasteiger partial charge in [0.2, 0.25) is 5.91 Å². The number of nitrogens with zero attached hydrogens (tertiary/aromatic N) is 2. The molecule has 1 aliphatic heterocycles. The summed E-state index contributed by atoms with van der Waals surface area (Å²) in [6.07, 6.45) is 2.38. The molecule has 0 radical (unpaired) electrons. The Hall–Kier alpha value is -0.610. The van der Waals surface area contributed by atoms with Crippen molar-refractivity contribution < 1.29 is 4.79 Å². The molecule has 0 spiro atoms. The molecule has 86 valence electrons. The summed E-state index contributed by atoms with van der Waals surface area (Å²) in [6.45, 7) is 7.18. The predicted octanol–water partition coefficient (Wildman–Crippen LogP) is 0.0303. The van der Waals surface area contributed by atoms with E-state index < -0.39 is 0 Å². The maximum absolute atomic E-state index is 11.9. The molecule has 1 saturated heterocycles. The molecule has 1 saturated carbocycles. The predicted molar refractivity (Wildman–Crippen MR) is 59.4 cm³/mol. The highest BCUT2D eigenvalue weighted by Crippen LogP contribution is 2.27. The summed E-state index contributed by atoms with van der Waals surface area (Å²) in [5, 5.41) is 0. The molecule has 1 aliphatic carbocycles. The van der Waals surface area contributed by atoms with Crippen LogP contribution in [0, 0.1) is 0 Å². The summed E-state index contributed by atoms with van der Waals surface area (Å²) in [5.41, 5.74) is 5.83. The van der Waals surface area contributed by atoms with Crippen molar-refractivity contribution in [2.45, 2.75) is 38.3 Å². The molecule has 2 fully saturated rings. The largest absolute Gasteiger partial charge is 0.339 e. The second-order valence-electron chi connectivity index (χ2n) is 5.21. The number of carbonyl (C=O) groups excluding carboxylic acids is 1. The van der Waals surface area contributed by atoms with E-state index in [9.17, 15) is 4.79 Å². The number of nitrogens with two attached hydrogens (primary N) is 1. The van der Waals surface area contributed by atoms with Crippen LogP contribution in [-0.2, 0) is 4.79 Å². The van der Waals surface area contributed by atoms with Gasteiger partial charge in [-0.1, -0.05) is 0 Å². The normalized spacial score (nSPS) is 24.7. The molecular weight excluding hydrogens is 190 g/mol. The van der Waals surface area contributed by atoms with Crippen molar-refractivity contribution in [1.29, 1.82) is 0 Å². The number of likely N-dealkylation sites (tertiary alicyclic amines) is 1. The first-order valence-electron chi connectivity index (χ1n) is 5.82. The first-order chi connectivity index (χ1) is 7.02. The van der Waals surface area contributed by atoms with Crippen molar-refractivity contribution >= 4 is 5.91 Å². The number of amides is 1. The third-order valence-corrected chi connectivity index (χ3v) is 3.18. The summed E-state index contributed by atoms with van der Waals surface area (Å²) >= 11 is 0. The lowest BCUT2D eigenvalue weighted by Gasteiger charge is -2.45. The fraction of sp³-hybridized carbons (Fsp3) is 0.909. The van der Waals surface area contributed by atoms with Gasteiger partial charge in [-0.2, -0.15) is 0 Å². The van der Waals surface area contributed by atoms with Gasteiger partial charge in [0.05, 0.1) is 6.54 Å². The molecule has 2 rings (SSSR count). The van der Waals surface area contributed by atoms with Gasteiger partial charge in [-0.3, -0.25) is 9.69 Å². The number of hydrogen-bond donors (Lipinski definition) is 1. The molecule has 0 atom stereocenters. The first-order valence-corrected chi connectivity index (χ1v) is 5.82. The van der Waals surface area contributed by atoms with Crippen LogP contribution in [0.3, 0.4) is 0 Å². The zero-order chi connectivity index (χ0) is 11.1. The molecular formula is C11H21N3O. The molecule has 4 nitrogen and oxygen atoms in total. The van der Waals surface area contributed by atoms with Crippen molar-refractivity contribution in [3.63, 3.8) is 0 Å². The Morgan fingerprint density at radius 1 is 1.53 bits per heavy atom. The summed E-state index contributed by atoms with van der Waals surface area (Å²) in [4.78, 5) is 16.1. The number of carbonyl (C=O) groups is 1. The zero-order valence-corrected chi connectivity index (χ0v) is 9.70. The third kappa shape index (κ3) is 2.49. The number of rotatable bonds is 4. The van der Waals surface area contributed by atoms with E-state index in [1.165, 1.54) is 12.8 Å². The molecule has 1 amide bonds. The van der Waals surface area contributed by atoms with E-state index in [0.29, 0.717) is 12.6 Å². The van der Waals surface area contributed by atoms with Gasteiger partial charge >= 0.3 is 0 Å². The summed E-state index contributed by atoms with van der Waals surface area (Å²) in [6, 6.07) is 0.535. The van der Waals surface area contributed by atoms with Crippen molar-refractivity contribution in [3.05, 3.63) is 0 Å². The molecule has 15 heavy (non-hydrogen) atoms. The summed E-state index contributed by atoms with van der Waals surface area (Å²) in [7, 11) is 0. The van der Waals surface area contributed by atoms with Crippen molar-refractivity contribution in [1.82, 2.24) is 9.80 Å². The van der Waals surface area contributed by atoms with Crippen molar-refractivity contribution in [3.8, 4) is 0 Å². The van der Waals surface area contributed by atoms with E-state index in [1.807, 2.05) is 11.8 Å². The molecule has 0 aromatic heterocycles. The van der Waals surface area contributed by atoms with E-state index in [4.69, 9.17) is 5.73 Å². The van der Waals surface area contributed by atoms with Crippen molar-refractivity contribution in [2.24, 2.45) is 5.73 Å². The first kappa shape index (κ1) is 10.9. The van der Waals surface area contributed by atoms with Gasteiger partial charge in [0.1, 0.15) is 0 Å². The Kier molecular flexibility index (Phi) is 2.73. The van der Waals surface area contributed by atoms with E-state index >= 15 is 0 Å². The topological polar surface area (TPSA) is 49.6 Å². The minimum Gasteiger partial charge on any atom is -0.339 e. The van der Waals surface area contributed by atoms with Crippen LogP contribution in [0.2, 0.25) is 0 Å². The lowest BCUT2D eigenvalue weighted by molar-refractivity contribution is -0.134. The van der Waals surface area contributed by atoms with Crippen LogP contribution < -0.4 is 5.73 Å². The average molecular weight is 211 g/mol. The molecule has 0 aromatic carbocycles. The van der Waals surface area contributed by atoms with Gasteiger partial charge in [-0.15, -0.1) is 0 Å². The quantitative estimate of drug-likeness (QED) is 0.714. The summed E-state index contributed by atoms with van der Waals surface area (Å²) in [5.74, 6) is 0.274. The molecule has 1 heterocycles. The summed E-state index contributed by atoms with van der Waals surface area (Å²) < 4.78 is 0. The van der Waals surface area contributed by atoms with Gasteiger partial charge in [0.15, 0.2) is 0 Å². The van der Waals surface area contributed by atoms with Gasteiger partial charge in [0, 0.05) is 31.2 Å². The molecule has 2 aliphatic rings. The highest BCUT2D eigenvalue weighted by molar-refractivity contribution is 5.79. The van der Waals surface area contributed by atoms with E-state index in [0.717, 1.165) is 19.6 Å². The molecule has 0 bridgehead atoms. The van der Waals surface area contributed by atoms with Crippen LogP contribution in [0.1, 0.15) is 26.7 Å². The fourth-order valence-electron chi connectivity index (χ4n) is 2.39. The van der Waals surface area contributed by atoms with Crippen LogP contribution >= 0.6 is 0 Å². The Morgan fingerprint density at radius 2 is 2.13 bits per heavy atom. The third-order valence-electron chi connectivity index (χ3n) is 3.18. The monoisotopic (exact) mass is 211 g/mol. The zero-order valence-electron chi connectivity index (χ0n) is 9.70. The van der Waals surface area contributed by atoms with Gasteiger partial charge in [-0.25, -0.2) is 0 Å². The number of hydrogen-bond acceptors (Lipinski definition) is 3. The van der Waals surface area contributed by atoms with Crippen molar-refractivity contribution in [2.75, 3.05) is 26.2 Å². The Bertz CT molecular complexity index is 253. The van der Waals surface area contributed by atoms with Crippen LogP contribution in [0.5, 0.6) is 0 Å². The van der Waals surface area contributed by atoms with E-state index in [-0.39, 0.29) is 11.4 Å². The smallest absolute Gasteiger partial charge is 0.236 e. The fourth-order valence-corrected chi connectivity index (χ4v) is 2.39. The van der Waals surface area contributed by atoms with Gasteiger partial charge in [0.25, 0.3) is 0 Å². The highest BCUT2D eigenvalue weighted by atomic mass is 16.2. The van der Waals surface area contributed by atoms with Gasteiger partial charge < -0.3 is 10.6 Å². The highest BCUT2D eigenvalue weighted by Gasteiger charge is 2.38. The Balaban J connectivity index is 1.77. The minimum absolute atomic E-state index is 0.0725. The van der Waals surface area contributed by atoms with E-state index in [1.54, 1.807) is 0 Å². The Morgan fingerprint density at radius 3 is 2.53 bits per heavy atom. The lowest BCUT2D eigenvalue weighted by atomic mass is 9.94. The molecule has 4 heteroatoms. The minimum atomic E-state index is -0.0725.